The number of aliphatic hydroxyl groups excluding tert-OH is 1. The quantitative estimate of drug-likeness (QED) is 0.325. The van der Waals surface area contributed by atoms with Gasteiger partial charge >= 0.3 is 5.69 Å². The highest BCUT2D eigenvalue weighted by Gasteiger charge is 2.27. The zero-order chi connectivity index (χ0) is 27.4. The molecule has 2 aliphatic carbocycles. The summed E-state index contributed by atoms with van der Waals surface area (Å²) in [7, 11) is 1.82. The van der Waals surface area contributed by atoms with Crippen molar-refractivity contribution >= 4 is 5.52 Å². The third-order valence-electron chi connectivity index (χ3n) is 8.08. The first kappa shape index (κ1) is 24.9. The zero-order valence-corrected chi connectivity index (χ0v) is 22.2. The molecule has 5 aromatic rings. The molecule has 204 valence electrons. The smallest absolute Gasteiger partial charge is 0.338 e. The minimum absolute atomic E-state index is 0.0858. The Morgan fingerprint density at radius 2 is 1.93 bits per heavy atom. The maximum Gasteiger partial charge on any atom is 0.338 e. The average molecular weight is 540 g/mol. The number of aliphatic hydroxyl groups is 1. The molecule has 0 aliphatic heterocycles. The van der Waals surface area contributed by atoms with Gasteiger partial charge in [-0.1, -0.05) is 12.1 Å². The number of fused-ring (bicyclic) bond motifs is 1. The van der Waals surface area contributed by atoms with Gasteiger partial charge in [-0.3, -0.25) is 8.97 Å². The molecule has 0 unspecified atom stereocenters. The largest absolute Gasteiger partial charge is 0.392 e. The molecule has 2 saturated carbocycles. The molecule has 1 aromatic carbocycles. The fraction of sp³-hybridized carbons (Fsp3) is 0.333. The van der Waals surface area contributed by atoms with E-state index in [0.717, 1.165) is 60.0 Å². The predicted molar refractivity (Wildman–Crippen MR) is 149 cm³/mol. The molecule has 2 aliphatic rings. The van der Waals surface area contributed by atoms with Gasteiger partial charge in [0.25, 0.3) is 0 Å². The van der Waals surface area contributed by atoms with E-state index in [4.69, 9.17) is 4.98 Å². The molecule has 4 heterocycles. The number of benzene rings is 1. The van der Waals surface area contributed by atoms with Gasteiger partial charge in [0.2, 0.25) is 0 Å². The lowest BCUT2D eigenvalue weighted by atomic mass is 9.98. The number of hydrogen-bond acceptors (Lipinski definition) is 6. The van der Waals surface area contributed by atoms with Crippen LogP contribution in [0.3, 0.4) is 0 Å². The van der Waals surface area contributed by atoms with E-state index in [2.05, 4.69) is 15.5 Å². The van der Waals surface area contributed by atoms with E-state index in [1.807, 2.05) is 37.5 Å². The number of hydrogen-bond donors (Lipinski definition) is 2. The Bertz CT molecular complexity index is 1780. The Hall–Kier alpha value is -4.15. The summed E-state index contributed by atoms with van der Waals surface area (Å²) in [6, 6.07) is 12.6. The molecule has 7 rings (SSSR count). The van der Waals surface area contributed by atoms with Crippen LogP contribution in [0, 0.1) is 5.82 Å². The minimum atomic E-state index is -0.360. The lowest BCUT2D eigenvalue weighted by Gasteiger charge is -2.16. The van der Waals surface area contributed by atoms with Gasteiger partial charge in [0.1, 0.15) is 18.0 Å². The van der Waals surface area contributed by atoms with Crippen LogP contribution in [0.25, 0.3) is 33.8 Å². The van der Waals surface area contributed by atoms with Gasteiger partial charge in [0.15, 0.2) is 5.82 Å². The van der Waals surface area contributed by atoms with Crippen molar-refractivity contribution in [3.8, 4) is 28.3 Å². The van der Waals surface area contributed by atoms with Gasteiger partial charge in [-0.15, -0.1) is 10.2 Å². The van der Waals surface area contributed by atoms with E-state index in [1.165, 1.54) is 12.1 Å². The highest BCUT2D eigenvalue weighted by molar-refractivity contribution is 5.81. The first-order valence-electron chi connectivity index (χ1n) is 13.8. The molecule has 2 fully saturated rings. The molecule has 0 saturated heterocycles. The molecule has 2 atom stereocenters. The molecule has 2 N–H and O–H groups in total. The van der Waals surface area contributed by atoms with Crippen LogP contribution in [0.15, 0.2) is 66.0 Å². The number of aromatic nitrogens is 6. The van der Waals surface area contributed by atoms with E-state index in [9.17, 15) is 14.3 Å². The van der Waals surface area contributed by atoms with Crippen LogP contribution in [0.2, 0.25) is 0 Å². The lowest BCUT2D eigenvalue weighted by molar-refractivity contribution is 0.148. The second-order valence-corrected chi connectivity index (χ2v) is 11.0. The third-order valence-corrected chi connectivity index (χ3v) is 8.08. The van der Waals surface area contributed by atoms with Crippen molar-refractivity contribution < 1.29 is 9.50 Å². The summed E-state index contributed by atoms with van der Waals surface area (Å²) in [4.78, 5) is 18.5. The average Bonchev–Trinajstić information content (AvgIpc) is 3.47. The van der Waals surface area contributed by atoms with Gasteiger partial charge in [0, 0.05) is 49.2 Å². The Labute approximate surface area is 230 Å². The van der Waals surface area contributed by atoms with Crippen molar-refractivity contribution in [2.24, 2.45) is 7.05 Å². The molecule has 0 amide bonds. The molecule has 0 bridgehead atoms. The Morgan fingerprint density at radius 3 is 2.67 bits per heavy atom. The number of imidazole rings is 1. The maximum atomic E-state index is 14.4. The van der Waals surface area contributed by atoms with Crippen LogP contribution >= 0.6 is 0 Å². The summed E-state index contributed by atoms with van der Waals surface area (Å²) in [5.41, 5.74) is 4.69. The summed E-state index contributed by atoms with van der Waals surface area (Å²) in [5.74, 6) is 1.06. The van der Waals surface area contributed by atoms with E-state index in [0.29, 0.717) is 29.7 Å². The second-order valence-electron chi connectivity index (χ2n) is 11.0. The van der Waals surface area contributed by atoms with Crippen LogP contribution in [-0.2, 0) is 13.6 Å². The molecule has 9 nitrogen and oxygen atoms in total. The second kappa shape index (κ2) is 9.79. The summed E-state index contributed by atoms with van der Waals surface area (Å²) in [6.07, 6.45) is 9.82. The topological polar surface area (TPSA) is 102 Å². The number of pyridine rings is 2. The van der Waals surface area contributed by atoms with E-state index in [-0.39, 0.29) is 23.7 Å². The van der Waals surface area contributed by atoms with Crippen molar-refractivity contribution in [2.45, 2.75) is 56.7 Å². The van der Waals surface area contributed by atoms with Gasteiger partial charge < -0.3 is 15.0 Å². The summed E-state index contributed by atoms with van der Waals surface area (Å²) in [5, 5.41) is 21.7. The van der Waals surface area contributed by atoms with Crippen LogP contribution in [0.5, 0.6) is 0 Å². The number of aryl methyl sites for hydroxylation is 1. The predicted octanol–water partition coefficient (Wildman–Crippen LogP) is 3.97. The molecule has 40 heavy (non-hydrogen) atoms. The first-order valence-corrected chi connectivity index (χ1v) is 13.8. The van der Waals surface area contributed by atoms with Crippen molar-refractivity contribution in [1.82, 2.24) is 34.0 Å². The molecular formula is C30H30FN7O2. The van der Waals surface area contributed by atoms with Crippen LogP contribution in [-0.4, -0.2) is 46.0 Å². The van der Waals surface area contributed by atoms with Gasteiger partial charge in [-0.05, 0) is 79.1 Å². The summed E-state index contributed by atoms with van der Waals surface area (Å²) < 4.78 is 19.3. The SMILES string of the molecule is Cn1cnnc1-c1cc(F)ccc1-c1cc(C2CC2)nc(-n2cc3ccc(CN[C@@H]4CCC[C@@H]4O)cn3c2=O)c1. The molecule has 0 radical (unpaired) electrons. The first-order chi connectivity index (χ1) is 19.4. The zero-order valence-electron chi connectivity index (χ0n) is 22.2. The van der Waals surface area contributed by atoms with Crippen molar-refractivity contribution in [3.05, 3.63) is 88.7 Å². The Morgan fingerprint density at radius 1 is 1.05 bits per heavy atom. The van der Waals surface area contributed by atoms with Crippen molar-refractivity contribution in [3.63, 3.8) is 0 Å². The fourth-order valence-electron chi connectivity index (χ4n) is 5.71. The molecule has 0 spiro atoms. The Balaban J connectivity index is 1.29. The van der Waals surface area contributed by atoms with E-state index >= 15 is 0 Å². The Kier molecular flexibility index (Phi) is 6.09. The number of nitrogens with zero attached hydrogens (tertiary/aromatic N) is 6. The third kappa shape index (κ3) is 4.52. The van der Waals surface area contributed by atoms with E-state index < -0.39 is 0 Å². The fourth-order valence-corrected chi connectivity index (χ4v) is 5.71. The van der Waals surface area contributed by atoms with Crippen LogP contribution in [0.1, 0.15) is 49.3 Å². The van der Waals surface area contributed by atoms with Crippen molar-refractivity contribution in [1.29, 1.82) is 0 Å². The van der Waals surface area contributed by atoms with E-state index in [1.54, 1.807) is 32.1 Å². The molecule has 4 aromatic heterocycles. The monoisotopic (exact) mass is 539 g/mol. The van der Waals surface area contributed by atoms with Crippen molar-refractivity contribution in [2.75, 3.05) is 0 Å². The van der Waals surface area contributed by atoms with Crippen LogP contribution in [0.4, 0.5) is 4.39 Å². The number of nitrogens with one attached hydrogen (secondary N) is 1. The van der Waals surface area contributed by atoms with Gasteiger partial charge in [-0.25, -0.2) is 14.2 Å². The molecular weight excluding hydrogens is 509 g/mol. The normalized spacial score (nSPS) is 19.1. The lowest BCUT2D eigenvalue weighted by Crippen LogP contribution is -2.35. The van der Waals surface area contributed by atoms with Gasteiger partial charge in [0.05, 0.1) is 11.6 Å². The van der Waals surface area contributed by atoms with Gasteiger partial charge in [-0.2, -0.15) is 0 Å². The number of halogens is 1. The summed E-state index contributed by atoms with van der Waals surface area (Å²) >= 11 is 0. The maximum absolute atomic E-state index is 14.4. The standard InChI is InChI=1S/C30H30FN7O2/c1-36-17-33-35-29(36)24-13-21(31)8-10-23(24)20-11-26(19-6-7-19)34-28(12-20)38-16-22-9-5-18(15-37(22)30(38)40)14-32-25-3-2-4-27(25)39/h5,8-13,15-17,19,25,27,32,39H,2-4,6-7,14H2,1H3/t25-,27+/m1/s1. The summed E-state index contributed by atoms with van der Waals surface area (Å²) in [6.45, 7) is 0.574. The van der Waals surface area contributed by atoms with Crippen LogP contribution < -0.4 is 11.0 Å². The number of rotatable bonds is 7. The molecule has 10 heteroatoms. The highest BCUT2D eigenvalue weighted by Crippen LogP contribution is 2.41. The highest BCUT2D eigenvalue weighted by atomic mass is 19.1. The minimum Gasteiger partial charge on any atom is -0.392 e.